The molecule has 11 N–H and O–H groups in total. The third kappa shape index (κ3) is 10.2. The molecule has 3 amide bonds. The summed E-state index contributed by atoms with van der Waals surface area (Å²) >= 11 is 0.849. The van der Waals surface area contributed by atoms with E-state index < -0.39 is 158 Å². The van der Waals surface area contributed by atoms with Crippen molar-refractivity contribution in [3.05, 3.63) is 29.3 Å². The van der Waals surface area contributed by atoms with Crippen LogP contribution in [0.3, 0.4) is 0 Å². The summed E-state index contributed by atoms with van der Waals surface area (Å²) in [5.41, 5.74) is 9.95. The zero-order valence-electron chi connectivity index (χ0n) is 30.1. The Morgan fingerprint density at radius 1 is 0.914 bits per heavy atom. The summed E-state index contributed by atoms with van der Waals surface area (Å²) in [6.07, 6.45) is -16.9. The largest absolute Gasteiger partial charge is 1.00 e. The van der Waals surface area contributed by atoms with E-state index >= 15 is 0 Å². The first-order valence-corrected chi connectivity index (χ1v) is 21.6. The van der Waals surface area contributed by atoms with Gasteiger partial charge in [-0.05, 0) is 18.2 Å². The molecule has 2 aromatic carbocycles. The molecule has 3 heterocycles. The first-order valence-electron chi connectivity index (χ1n) is 16.1. The molecule has 310 valence electrons. The number of fused-ring (bicyclic) bond motifs is 1. The summed E-state index contributed by atoms with van der Waals surface area (Å²) in [6.45, 7) is -0.983. The van der Waals surface area contributed by atoms with E-state index in [-0.39, 0.29) is 120 Å². The Hall–Kier alpha value is 0.343. The molecule has 3 aliphatic heterocycles. The van der Waals surface area contributed by atoms with Crippen LogP contribution in [-0.4, -0.2) is 171 Å². The van der Waals surface area contributed by atoms with Gasteiger partial charge < -0.3 is 65.8 Å². The van der Waals surface area contributed by atoms with Gasteiger partial charge >= 0.3 is 111 Å². The molecule has 58 heavy (non-hydrogen) atoms. The average Bonchev–Trinajstić information content (AvgIpc) is 3.44. The van der Waals surface area contributed by atoms with Gasteiger partial charge in [-0.25, -0.2) is 21.4 Å². The van der Waals surface area contributed by atoms with Crippen LogP contribution < -0.4 is 120 Å². The van der Waals surface area contributed by atoms with E-state index in [1.165, 1.54) is 0 Å². The maximum absolute atomic E-state index is 13.4. The number of aliphatic hydroxyl groups excluding tert-OH is 5. The van der Waals surface area contributed by atoms with Crippen LogP contribution in [0.15, 0.2) is 28.0 Å². The number of carbonyl (C=O) groups is 3. The van der Waals surface area contributed by atoms with E-state index in [0.29, 0.717) is 23.1 Å². The van der Waals surface area contributed by atoms with Crippen LogP contribution in [0.2, 0.25) is 0 Å². The van der Waals surface area contributed by atoms with Crippen molar-refractivity contribution in [3.63, 3.8) is 0 Å². The summed E-state index contributed by atoms with van der Waals surface area (Å²) in [5.74, 6) is -3.53. The number of phosphoric ester groups is 1. The Labute approximate surface area is 417 Å². The van der Waals surface area contributed by atoms with Crippen LogP contribution >= 0.6 is 19.6 Å². The van der Waals surface area contributed by atoms with E-state index in [0.717, 1.165) is 11.8 Å². The Morgan fingerprint density at radius 2 is 1.52 bits per heavy atom. The summed E-state index contributed by atoms with van der Waals surface area (Å²) in [7, 11) is -15.3. The second kappa shape index (κ2) is 19.2. The minimum atomic E-state index is -5.35. The van der Waals surface area contributed by atoms with Gasteiger partial charge in [-0.2, -0.15) is 0 Å². The Kier molecular flexibility index (Phi) is 16.9. The van der Waals surface area contributed by atoms with Gasteiger partial charge in [-0.15, -0.1) is 11.8 Å². The van der Waals surface area contributed by atoms with Crippen LogP contribution in [0.5, 0.6) is 0 Å². The number of ether oxygens (including phenoxy) is 2. The Morgan fingerprint density at radius 3 is 2.12 bits per heavy atom. The molecule has 0 radical (unpaired) electrons. The van der Waals surface area contributed by atoms with Gasteiger partial charge in [0.1, 0.15) is 69.1 Å². The van der Waals surface area contributed by atoms with Crippen LogP contribution in [0, 0.1) is 0 Å². The monoisotopic (exact) mass is 950 g/mol. The zero-order chi connectivity index (χ0) is 41.4. The van der Waals surface area contributed by atoms with Crippen LogP contribution in [-0.2, 0) is 48.1 Å². The van der Waals surface area contributed by atoms with E-state index in [1.807, 2.05) is 0 Å². The van der Waals surface area contributed by atoms with Crippen molar-refractivity contribution in [1.29, 1.82) is 0 Å². The predicted octanol–water partition coefficient (Wildman–Crippen LogP) is -11.2. The minimum Gasteiger partial charge on any atom is -0.744 e. The predicted molar refractivity (Wildman–Crippen MR) is 181 cm³/mol. The molecule has 2 aromatic rings. The van der Waals surface area contributed by atoms with Gasteiger partial charge in [0.2, 0.25) is 5.91 Å². The zero-order valence-corrected chi connectivity index (χ0v) is 39.7. The number of nitrogens with zero attached hydrogens (tertiary/aromatic N) is 1. The molecule has 6 rings (SSSR count). The molecule has 4 aliphatic rings. The van der Waals surface area contributed by atoms with Gasteiger partial charge in [-0.3, -0.25) is 28.3 Å². The number of carbonyl (C=O) groups excluding carboxylic acids is 3. The molecule has 1 unspecified atom stereocenters. The summed E-state index contributed by atoms with van der Waals surface area (Å²) < 4.78 is 104. The summed E-state index contributed by atoms with van der Waals surface area (Å²) in [5, 5.41) is 53.9. The Balaban J connectivity index is 0.00000372. The molecule has 12 atom stereocenters. The number of hydrogen-bond acceptors (Lipinski definition) is 22. The number of rotatable bonds is 11. The fourth-order valence-electron chi connectivity index (χ4n) is 6.70. The topological polar surface area (TPSA) is 408 Å². The number of benzene rings is 2. The molecule has 0 bridgehead atoms. The standard InChI is InChI=1S/C28H35N4O20PS3.2K/c29-16-9-3-8(55(43,44)45)4-10-15(9)11(5-13(16)56(46,47)48)27(40)32(26(10)39)2-1-31-14(33)7-54-6-12-18(34)19(35)17(30)28(49-12)50-23-21(37)20(36)22(38)24-25(23)52-53(41,42)51-24;;/h3-5,12,17-25,28,34-38H,1-2,6-7,29-30H2,(H,31,33)(H,41,42)(H,43,44,45)(H,46,47,48);;/q;2*+1/p-2/t12-,17-,18+,19+,20-,21+,22+,23-,24-,25-,28-;;/m0../s1. The fourth-order valence-corrected chi connectivity index (χ4v) is 9.93. The quantitative estimate of drug-likeness (QED) is 0.0332. The van der Waals surface area contributed by atoms with Gasteiger partial charge in [-0.1, -0.05) is 0 Å². The maximum Gasteiger partial charge on any atom is 1.00 e. The summed E-state index contributed by atoms with van der Waals surface area (Å²) in [4.78, 5) is 47.7. The molecule has 3 fully saturated rings. The van der Waals surface area contributed by atoms with Crippen LogP contribution in [0.1, 0.15) is 20.7 Å². The van der Waals surface area contributed by atoms with Crippen molar-refractivity contribution in [1.82, 2.24) is 10.2 Å². The Bertz CT molecular complexity index is 2220. The van der Waals surface area contributed by atoms with Crippen molar-refractivity contribution in [2.75, 3.05) is 30.3 Å². The van der Waals surface area contributed by atoms with Gasteiger partial charge in [0, 0.05) is 35.2 Å². The van der Waals surface area contributed by atoms with Gasteiger partial charge in [0.05, 0.1) is 38.9 Å². The number of hydrogen-bond donors (Lipinski definition) is 9. The molecule has 30 heteroatoms. The van der Waals surface area contributed by atoms with Crippen molar-refractivity contribution in [2.24, 2.45) is 5.73 Å². The second-order valence-corrected chi connectivity index (χ2v) is 18.2. The van der Waals surface area contributed by atoms with E-state index in [2.05, 4.69) is 5.32 Å². The molecule has 1 aliphatic carbocycles. The van der Waals surface area contributed by atoms with E-state index in [1.54, 1.807) is 0 Å². The number of imide groups is 1. The number of anilines is 1. The number of nitrogens with one attached hydrogen (secondary N) is 1. The second-order valence-electron chi connectivity index (χ2n) is 13.0. The van der Waals surface area contributed by atoms with Crippen LogP contribution in [0.25, 0.3) is 10.8 Å². The first kappa shape index (κ1) is 51.0. The van der Waals surface area contributed by atoms with Crippen LogP contribution in [0.4, 0.5) is 5.69 Å². The summed E-state index contributed by atoms with van der Waals surface area (Å²) in [6, 6.07) is 0.450. The molecular formula is C28H33K2N4O20PS3. The maximum atomic E-state index is 13.4. The number of amides is 3. The van der Waals surface area contributed by atoms with E-state index in [4.69, 9.17) is 30.0 Å². The SMILES string of the molecule is Nc1c(S(=O)(=O)[O-])cc2c3c(cc(S(=O)(=O)[O-])cc13)C(=O)N(CCNC(=O)CSC[C@@H]1O[C@@H](O[C@H]3[C@H](O)[C@H](O)[C@@H](O)[C@@H]4OP(=O)(O)O[C@@H]34)[C@@H](N)[C@@H](O)[C@@H]1O)C2=O.[K+].[K+]. The van der Waals surface area contributed by atoms with Crippen molar-refractivity contribution >= 4 is 74.0 Å². The van der Waals surface area contributed by atoms with Crippen molar-refractivity contribution in [2.45, 2.75) is 77.1 Å². The number of nitrogen functional groups attached to an aromatic ring is 1. The fraction of sp³-hybridized carbons (Fsp3) is 0.536. The number of thioether (sulfide) groups is 1. The number of aliphatic hydroxyl groups is 5. The third-order valence-corrected chi connectivity index (χ3v) is 13.2. The molecule has 24 nitrogen and oxygen atoms in total. The third-order valence-electron chi connectivity index (χ3n) is 9.46. The molecule has 0 aromatic heterocycles. The normalized spacial score (nSPS) is 33.6. The van der Waals surface area contributed by atoms with Crippen molar-refractivity contribution in [3.8, 4) is 0 Å². The van der Waals surface area contributed by atoms with E-state index in [9.17, 15) is 75.3 Å². The molecule has 0 spiro atoms. The van der Waals surface area contributed by atoms with Crippen molar-refractivity contribution < 1.29 is 197 Å². The number of nitrogens with two attached hydrogens (primary N) is 2. The minimum absolute atomic E-state index is 0. The smallest absolute Gasteiger partial charge is 0.744 e. The first-order chi connectivity index (χ1) is 25.9. The van der Waals surface area contributed by atoms with Gasteiger partial charge in [0.25, 0.3) is 11.8 Å². The number of phosphoric acid groups is 1. The molecular weight excluding hydrogens is 918 g/mol. The average molecular weight is 951 g/mol. The molecule has 1 saturated carbocycles. The van der Waals surface area contributed by atoms with Gasteiger partial charge in [0.15, 0.2) is 6.29 Å². The molecule has 2 saturated heterocycles.